The van der Waals surface area contributed by atoms with Crippen LogP contribution < -0.4 is 10.5 Å². The summed E-state index contributed by atoms with van der Waals surface area (Å²) < 4.78 is 5.21. The van der Waals surface area contributed by atoms with Gasteiger partial charge in [-0.15, -0.1) is 0 Å². The summed E-state index contributed by atoms with van der Waals surface area (Å²) in [6, 6.07) is 6.69. The fourth-order valence-corrected chi connectivity index (χ4v) is 5.26. The molecule has 0 unspecified atom stereocenters. The number of benzene rings is 1. The van der Waals surface area contributed by atoms with Gasteiger partial charge >= 0.3 is 0 Å². The predicted molar refractivity (Wildman–Crippen MR) is 108 cm³/mol. The van der Waals surface area contributed by atoms with Crippen molar-refractivity contribution in [3.63, 3.8) is 0 Å². The van der Waals surface area contributed by atoms with Gasteiger partial charge in [-0.2, -0.15) is 0 Å². The summed E-state index contributed by atoms with van der Waals surface area (Å²) >= 11 is 0. The van der Waals surface area contributed by atoms with E-state index in [0.717, 1.165) is 5.56 Å². The summed E-state index contributed by atoms with van der Waals surface area (Å²) in [5, 5.41) is 9.70. The van der Waals surface area contributed by atoms with Crippen LogP contribution in [0.5, 0.6) is 5.75 Å². The zero-order valence-electron chi connectivity index (χ0n) is 17.2. The van der Waals surface area contributed by atoms with Crippen LogP contribution in [0, 0.1) is 11.8 Å². The molecule has 1 aromatic rings. The summed E-state index contributed by atoms with van der Waals surface area (Å²) in [6.07, 6.45) is 2.66. The van der Waals surface area contributed by atoms with Gasteiger partial charge in [0.2, 0.25) is 17.7 Å². The highest BCUT2D eigenvalue weighted by molar-refractivity contribution is 5.89. The second kappa shape index (κ2) is 8.26. The largest absolute Gasteiger partial charge is 0.497 e. The number of rotatable bonds is 4. The Bertz CT molecular complexity index is 819. The fraction of sp³-hybridized carbons (Fsp3) is 0.591. The molecule has 8 nitrogen and oxygen atoms in total. The number of aliphatic hydroxyl groups excluding tert-OH is 1. The number of ether oxygens (including phenoxy) is 1. The van der Waals surface area contributed by atoms with Crippen molar-refractivity contribution < 1.29 is 24.2 Å². The topological polar surface area (TPSA) is 113 Å². The Balaban J connectivity index is 1.54. The van der Waals surface area contributed by atoms with Gasteiger partial charge in [0.25, 0.3) is 0 Å². The number of primary amides is 1. The highest BCUT2D eigenvalue weighted by Gasteiger charge is 2.50. The van der Waals surface area contributed by atoms with Gasteiger partial charge in [-0.1, -0.05) is 12.1 Å². The Morgan fingerprint density at radius 1 is 1.13 bits per heavy atom. The van der Waals surface area contributed by atoms with E-state index in [2.05, 4.69) is 0 Å². The third-order valence-corrected chi connectivity index (χ3v) is 6.83. The first-order valence-corrected chi connectivity index (χ1v) is 10.6. The number of methoxy groups -OCH3 is 1. The van der Waals surface area contributed by atoms with Crippen LogP contribution in [0.25, 0.3) is 0 Å². The lowest BCUT2D eigenvalue weighted by Crippen LogP contribution is -2.57. The highest BCUT2D eigenvalue weighted by atomic mass is 16.5. The molecular formula is C22H29N3O5. The second-order valence-electron chi connectivity index (χ2n) is 8.64. The van der Waals surface area contributed by atoms with Gasteiger partial charge in [0, 0.05) is 12.5 Å². The molecule has 1 aliphatic carbocycles. The zero-order valence-corrected chi connectivity index (χ0v) is 17.2. The Labute approximate surface area is 176 Å². The minimum absolute atomic E-state index is 0.0153. The number of hydrogen-bond donors (Lipinski definition) is 2. The summed E-state index contributed by atoms with van der Waals surface area (Å²) in [4.78, 5) is 41.7. The number of aliphatic hydroxyl groups is 1. The summed E-state index contributed by atoms with van der Waals surface area (Å²) in [6.45, 7) is 0.437. The van der Waals surface area contributed by atoms with Crippen molar-refractivity contribution in [1.82, 2.24) is 9.80 Å². The van der Waals surface area contributed by atoms with Gasteiger partial charge in [0.1, 0.15) is 5.75 Å². The smallest absolute Gasteiger partial charge is 0.243 e. The van der Waals surface area contributed by atoms with Crippen LogP contribution in [-0.4, -0.2) is 65.0 Å². The quantitative estimate of drug-likeness (QED) is 0.756. The van der Waals surface area contributed by atoms with Crippen molar-refractivity contribution in [2.45, 2.75) is 50.3 Å². The van der Waals surface area contributed by atoms with Crippen molar-refractivity contribution in [2.24, 2.45) is 17.6 Å². The van der Waals surface area contributed by atoms with Crippen LogP contribution in [0.2, 0.25) is 0 Å². The summed E-state index contributed by atoms with van der Waals surface area (Å²) in [5.74, 6) is -0.537. The molecule has 1 saturated carbocycles. The monoisotopic (exact) mass is 415 g/mol. The van der Waals surface area contributed by atoms with Gasteiger partial charge in [0.05, 0.1) is 37.8 Å². The van der Waals surface area contributed by atoms with Gasteiger partial charge < -0.3 is 25.4 Å². The number of carbonyl (C=O) groups is 3. The maximum absolute atomic E-state index is 13.1. The molecule has 3 amide bonds. The number of carbonyl (C=O) groups excluding carboxylic acids is 3. The van der Waals surface area contributed by atoms with E-state index >= 15 is 0 Å². The van der Waals surface area contributed by atoms with E-state index in [1.54, 1.807) is 16.9 Å². The molecule has 8 heteroatoms. The van der Waals surface area contributed by atoms with E-state index < -0.39 is 17.9 Å². The van der Waals surface area contributed by atoms with Crippen LogP contribution in [0.1, 0.15) is 43.7 Å². The van der Waals surface area contributed by atoms with Crippen molar-refractivity contribution >= 4 is 17.7 Å². The third kappa shape index (κ3) is 3.76. The second-order valence-corrected chi connectivity index (χ2v) is 8.64. The van der Waals surface area contributed by atoms with E-state index in [9.17, 15) is 19.5 Å². The minimum Gasteiger partial charge on any atom is -0.497 e. The minimum atomic E-state index is -0.493. The lowest BCUT2D eigenvalue weighted by molar-refractivity contribution is -0.152. The van der Waals surface area contributed by atoms with Crippen molar-refractivity contribution in [2.75, 3.05) is 20.2 Å². The standard InChI is InChI=1S/C22H29N3O5/c1-30-17-8-4-13(5-9-17)20-18(21(23)28)10-15-11-24(12-19(27)25(15)20)22(29)14-2-6-16(26)7-3-14/h4-5,8-9,14-16,18,20,26H,2-3,6-7,10-12H2,1H3,(H2,23,28)/t14?,15-,16?,18-,20-/m1/s1. The van der Waals surface area contributed by atoms with Crippen LogP contribution in [0.3, 0.4) is 0 Å². The average molecular weight is 415 g/mol. The number of nitrogens with two attached hydrogens (primary N) is 1. The van der Waals surface area contributed by atoms with Crippen molar-refractivity contribution in [3.8, 4) is 5.75 Å². The van der Waals surface area contributed by atoms with Crippen LogP contribution in [0.15, 0.2) is 24.3 Å². The summed E-state index contributed by atoms with van der Waals surface area (Å²) in [5.41, 5.74) is 6.54. The van der Waals surface area contributed by atoms with Crippen molar-refractivity contribution in [1.29, 1.82) is 0 Å². The number of amides is 3. The highest BCUT2D eigenvalue weighted by Crippen LogP contribution is 2.43. The maximum Gasteiger partial charge on any atom is 0.243 e. The molecule has 30 heavy (non-hydrogen) atoms. The first-order chi connectivity index (χ1) is 14.4. The van der Waals surface area contributed by atoms with E-state index in [0.29, 0.717) is 44.4 Å². The predicted octanol–water partition coefficient (Wildman–Crippen LogP) is 0.832. The molecule has 0 aromatic heterocycles. The Kier molecular flexibility index (Phi) is 5.69. The first-order valence-electron chi connectivity index (χ1n) is 10.6. The molecule has 3 atom stereocenters. The van der Waals surface area contributed by atoms with Crippen LogP contribution >= 0.6 is 0 Å². The number of piperazine rings is 1. The van der Waals surface area contributed by atoms with E-state index in [4.69, 9.17) is 10.5 Å². The van der Waals surface area contributed by atoms with Crippen LogP contribution in [-0.2, 0) is 14.4 Å². The van der Waals surface area contributed by atoms with E-state index in [-0.39, 0.29) is 36.4 Å². The molecule has 2 heterocycles. The van der Waals surface area contributed by atoms with Crippen molar-refractivity contribution in [3.05, 3.63) is 29.8 Å². The van der Waals surface area contributed by atoms with Gasteiger partial charge in [-0.3, -0.25) is 14.4 Å². The Morgan fingerprint density at radius 3 is 2.40 bits per heavy atom. The molecule has 162 valence electrons. The number of hydrogen-bond acceptors (Lipinski definition) is 5. The Morgan fingerprint density at radius 2 is 1.80 bits per heavy atom. The lowest BCUT2D eigenvalue weighted by Gasteiger charge is -2.41. The molecule has 0 bridgehead atoms. The average Bonchev–Trinajstić information content (AvgIpc) is 3.14. The van der Waals surface area contributed by atoms with Crippen LogP contribution in [0.4, 0.5) is 0 Å². The molecule has 2 aliphatic heterocycles. The lowest BCUT2D eigenvalue weighted by atomic mass is 9.86. The molecule has 0 spiro atoms. The third-order valence-electron chi connectivity index (χ3n) is 6.83. The van der Waals surface area contributed by atoms with E-state index in [1.807, 2.05) is 24.3 Å². The van der Waals surface area contributed by atoms with Gasteiger partial charge in [-0.05, 0) is 49.8 Å². The number of nitrogens with zero attached hydrogens (tertiary/aromatic N) is 2. The first kappa shape index (κ1) is 20.7. The van der Waals surface area contributed by atoms with Gasteiger partial charge in [0.15, 0.2) is 0 Å². The maximum atomic E-state index is 13.1. The molecule has 2 saturated heterocycles. The number of fused-ring (bicyclic) bond motifs is 1. The Hall–Kier alpha value is -2.61. The zero-order chi connectivity index (χ0) is 21.4. The molecule has 3 N–H and O–H groups in total. The normalized spacial score (nSPS) is 31.4. The molecule has 0 radical (unpaired) electrons. The fourth-order valence-electron chi connectivity index (χ4n) is 5.26. The molecule has 3 aliphatic rings. The van der Waals surface area contributed by atoms with Gasteiger partial charge in [-0.25, -0.2) is 0 Å². The molecule has 4 rings (SSSR count). The van der Waals surface area contributed by atoms with E-state index in [1.165, 1.54) is 0 Å². The SMILES string of the molecule is COc1ccc([C@@H]2[C@H](C(N)=O)C[C@@H]3CN(C(=O)C4CCC(O)CC4)CC(=O)N32)cc1. The molecular weight excluding hydrogens is 386 g/mol. The molecule has 1 aromatic carbocycles. The molecule has 3 fully saturated rings. The summed E-state index contributed by atoms with van der Waals surface area (Å²) in [7, 11) is 1.58.